The first-order chi connectivity index (χ1) is 5.11. The molecule has 0 bridgehead atoms. The van der Waals surface area contributed by atoms with Gasteiger partial charge in [0.15, 0.2) is 0 Å². The van der Waals surface area contributed by atoms with Crippen molar-refractivity contribution in [3.05, 3.63) is 0 Å². The molecule has 1 rings (SSSR count). The Kier molecular flexibility index (Phi) is 2.55. The quantitative estimate of drug-likeness (QED) is 0.640. The summed E-state index contributed by atoms with van der Waals surface area (Å²) in [5.74, 6) is 0.868. The van der Waals surface area contributed by atoms with Crippen molar-refractivity contribution in [2.45, 2.75) is 45.2 Å². The maximum Gasteiger partial charge on any atom is 0.0275 e. The number of hydrogen-bond acceptors (Lipinski definition) is 2. The monoisotopic (exact) mass is 156 g/mol. The standard InChI is InChI=1S/C9H20N2/c1-4-9(3,6-10)11-8-5-7(8)2/h7-8,11H,4-6,10H2,1-3H3/t7?,8-,9?/m1/s1. The van der Waals surface area contributed by atoms with Crippen LogP contribution in [0.25, 0.3) is 0 Å². The van der Waals surface area contributed by atoms with Gasteiger partial charge in [-0.25, -0.2) is 0 Å². The number of nitrogens with two attached hydrogens (primary N) is 1. The van der Waals surface area contributed by atoms with Crippen molar-refractivity contribution < 1.29 is 0 Å². The molecule has 2 nitrogen and oxygen atoms in total. The highest BCUT2D eigenvalue weighted by Crippen LogP contribution is 2.31. The maximum atomic E-state index is 5.68. The zero-order valence-corrected chi connectivity index (χ0v) is 7.85. The molecule has 0 amide bonds. The highest BCUT2D eigenvalue weighted by atomic mass is 15.1. The summed E-state index contributed by atoms with van der Waals surface area (Å²) < 4.78 is 0. The van der Waals surface area contributed by atoms with Gasteiger partial charge in [-0.15, -0.1) is 0 Å². The summed E-state index contributed by atoms with van der Waals surface area (Å²) in [5, 5.41) is 3.59. The van der Waals surface area contributed by atoms with Gasteiger partial charge < -0.3 is 11.1 Å². The van der Waals surface area contributed by atoms with Gasteiger partial charge in [0.25, 0.3) is 0 Å². The predicted molar refractivity (Wildman–Crippen MR) is 48.5 cm³/mol. The molecule has 0 aromatic carbocycles. The van der Waals surface area contributed by atoms with Gasteiger partial charge in [-0.2, -0.15) is 0 Å². The van der Waals surface area contributed by atoms with Gasteiger partial charge in [0.05, 0.1) is 0 Å². The summed E-state index contributed by atoms with van der Waals surface area (Å²) in [7, 11) is 0. The molecule has 0 saturated heterocycles. The van der Waals surface area contributed by atoms with Gasteiger partial charge in [-0.3, -0.25) is 0 Å². The van der Waals surface area contributed by atoms with E-state index in [0.29, 0.717) is 0 Å². The Balaban J connectivity index is 2.32. The Morgan fingerprint density at radius 3 is 2.45 bits per heavy atom. The first-order valence-corrected chi connectivity index (χ1v) is 4.59. The zero-order chi connectivity index (χ0) is 8.48. The normalized spacial score (nSPS) is 34.9. The number of hydrogen-bond donors (Lipinski definition) is 2. The van der Waals surface area contributed by atoms with E-state index in [9.17, 15) is 0 Å². The van der Waals surface area contributed by atoms with Crippen LogP contribution in [-0.4, -0.2) is 18.1 Å². The smallest absolute Gasteiger partial charge is 0.0275 e. The van der Waals surface area contributed by atoms with E-state index in [1.807, 2.05) is 0 Å². The Morgan fingerprint density at radius 1 is 1.64 bits per heavy atom. The third-order valence-electron chi connectivity index (χ3n) is 2.87. The van der Waals surface area contributed by atoms with Crippen LogP contribution < -0.4 is 11.1 Å². The molecular formula is C9H20N2. The van der Waals surface area contributed by atoms with Crippen molar-refractivity contribution in [1.82, 2.24) is 5.32 Å². The van der Waals surface area contributed by atoms with Crippen LogP contribution in [0.2, 0.25) is 0 Å². The summed E-state index contributed by atoms with van der Waals surface area (Å²) >= 11 is 0. The summed E-state index contributed by atoms with van der Waals surface area (Å²) in [4.78, 5) is 0. The molecule has 0 heterocycles. The van der Waals surface area contributed by atoms with Crippen LogP contribution in [0.5, 0.6) is 0 Å². The largest absolute Gasteiger partial charge is 0.329 e. The fourth-order valence-corrected chi connectivity index (χ4v) is 1.28. The molecule has 1 aliphatic carbocycles. The lowest BCUT2D eigenvalue weighted by molar-refractivity contribution is 0.343. The molecule has 0 aromatic rings. The Morgan fingerprint density at radius 2 is 2.18 bits per heavy atom. The highest BCUT2D eigenvalue weighted by molar-refractivity contribution is 4.96. The van der Waals surface area contributed by atoms with Crippen LogP contribution in [0.3, 0.4) is 0 Å². The average Bonchev–Trinajstić information content (AvgIpc) is 2.66. The van der Waals surface area contributed by atoms with Crippen LogP contribution in [0.4, 0.5) is 0 Å². The van der Waals surface area contributed by atoms with E-state index in [1.165, 1.54) is 6.42 Å². The lowest BCUT2D eigenvalue weighted by Crippen LogP contribution is -2.49. The van der Waals surface area contributed by atoms with Gasteiger partial charge in [0.1, 0.15) is 0 Å². The van der Waals surface area contributed by atoms with Gasteiger partial charge in [0, 0.05) is 18.1 Å². The van der Waals surface area contributed by atoms with E-state index in [0.717, 1.165) is 24.9 Å². The minimum Gasteiger partial charge on any atom is -0.329 e. The maximum absolute atomic E-state index is 5.68. The van der Waals surface area contributed by atoms with Crippen molar-refractivity contribution >= 4 is 0 Å². The van der Waals surface area contributed by atoms with E-state index in [4.69, 9.17) is 5.73 Å². The predicted octanol–water partition coefficient (Wildman–Crippen LogP) is 1.11. The van der Waals surface area contributed by atoms with E-state index < -0.39 is 0 Å². The molecule has 2 unspecified atom stereocenters. The average molecular weight is 156 g/mol. The topological polar surface area (TPSA) is 38.0 Å². The molecule has 0 spiro atoms. The Labute approximate surface area is 69.5 Å². The molecule has 66 valence electrons. The van der Waals surface area contributed by atoms with Crippen LogP contribution >= 0.6 is 0 Å². The van der Waals surface area contributed by atoms with E-state index in [2.05, 4.69) is 26.1 Å². The van der Waals surface area contributed by atoms with E-state index in [1.54, 1.807) is 0 Å². The van der Waals surface area contributed by atoms with Crippen molar-refractivity contribution in [2.24, 2.45) is 11.7 Å². The fourth-order valence-electron chi connectivity index (χ4n) is 1.28. The first-order valence-electron chi connectivity index (χ1n) is 4.59. The van der Waals surface area contributed by atoms with E-state index >= 15 is 0 Å². The second-order valence-corrected chi connectivity index (χ2v) is 4.08. The second kappa shape index (κ2) is 3.11. The van der Waals surface area contributed by atoms with Gasteiger partial charge in [-0.05, 0) is 25.7 Å². The Hall–Kier alpha value is -0.0800. The molecule has 1 saturated carbocycles. The molecular weight excluding hydrogens is 136 g/mol. The molecule has 3 atom stereocenters. The molecule has 0 aromatic heterocycles. The fraction of sp³-hybridized carbons (Fsp3) is 1.00. The Bertz CT molecular complexity index is 130. The molecule has 1 aliphatic rings. The minimum absolute atomic E-state index is 0.176. The molecule has 0 aliphatic heterocycles. The summed E-state index contributed by atoms with van der Waals surface area (Å²) in [6, 6.07) is 0.739. The van der Waals surface area contributed by atoms with Gasteiger partial charge in [0.2, 0.25) is 0 Å². The zero-order valence-electron chi connectivity index (χ0n) is 7.85. The molecule has 0 radical (unpaired) electrons. The van der Waals surface area contributed by atoms with Gasteiger partial charge in [-0.1, -0.05) is 13.8 Å². The van der Waals surface area contributed by atoms with Crippen molar-refractivity contribution in [1.29, 1.82) is 0 Å². The van der Waals surface area contributed by atoms with Crippen molar-refractivity contribution in [3.63, 3.8) is 0 Å². The lowest BCUT2D eigenvalue weighted by atomic mass is 9.99. The van der Waals surface area contributed by atoms with Crippen LogP contribution in [0.1, 0.15) is 33.6 Å². The highest BCUT2D eigenvalue weighted by Gasteiger charge is 2.36. The molecule has 2 heteroatoms. The molecule has 11 heavy (non-hydrogen) atoms. The third-order valence-corrected chi connectivity index (χ3v) is 2.87. The van der Waals surface area contributed by atoms with Crippen molar-refractivity contribution in [3.8, 4) is 0 Å². The lowest BCUT2D eigenvalue weighted by Gasteiger charge is -2.28. The van der Waals surface area contributed by atoms with Crippen LogP contribution in [-0.2, 0) is 0 Å². The van der Waals surface area contributed by atoms with Crippen LogP contribution in [0, 0.1) is 5.92 Å². The second-order valence-electron chi connectivity index (χ2n) is 4.08. The minimum atomic E-state index is 0.176. The SMILES string of the molecule is CCC(C)(CN)N[C@@H]1CC1C. The van der Waals surface area contributed by atoms with Crippen molar-refractivity contribution in [2.75, 3.05) is 6.54 Å². The molecule has 3 N–H and O–H groups in total. The summed E-state index contributed by atoms with van der Waals surface area (Å²) in [5.41, 5.74) is 5.85. The van der Waals surface area contributed by atoms with E-state index in [-0.39, 0.29) is 5.54 Å². The third kappa shape index (κ3) is 2.17. The van der Waals surface area contributed by atoms with Crippen LogP contribution in [0.15, 0.2) is 0 Å². The molecule has 1 fully saturated rings. The van der Waals surface area contributed by atoms with Gasteiger partial charge >= 0.3 is 0 Å². The first kappa shape index (κ1) is 9.01. The number of nitrogens with one attached hydrogen (secondary N) is 1. The summed E-state index contributed by atoms with van der Waals surface area (Å²) in [6.07, 6.45) is 2.45. The number of rotatable bonds is 4. The summed E-state index contributed by atoms with van der Waals surface area (Å²) in [6.45, 7) is 7.42.